The Morgan fingerprint density at radius 1 is 0.909 bits per heavy atom. The Morgan fingerprint density at radius 2 is 1.55 bits per heavy atom. The van der Waals surface area contributed by atoms with Gasteiger partial charge in [-0.1, -0.05) is 78.9 Å². The number of ether oxygens (including phenoxy) is 2. The summed E-state index contributed by atoms with van der Waals surface area (Å²) in [6.07, 6.45) is 0.360. The Morgan fingerprint density at radius 3 is 2.20 bits per heavy atom. The van der Waals surface area contributed by atoms with Crippen LogP contribution in [0.15, 0.2) is 78.9 Å². The molecule has 0 aromatic heterocycles. The van der Waals surface area contributed by atoms with E-state index in [2.05, 4.69) is 10.2 Å². The molecule has 1 aliphatic rings. The number of amides is 1. The molecule has 5 atom stereocenters. The quantitative estimate of drug-likeness (QED) is 0.178. The molecule has 236 valence electrons. The Balaban J connectivity index is 1.41. The summed E-state index contributed by atoms with van der Waals surface area (Å²) >= 11 is 0. The summed E-state index contributed by atoms with van der Waals surface area (Å²) in [6, 6.07) is 25.0. The fraction of sp³-hybridized carbons (Fsp3) is 0.429. The smallest absolute Gasteiger partial charge is 0.303 e. The third-order valence-electron chi connectivity index (χ3n) is 8.19. The van der Waals surface area contributed by atoms with E-state index >= 15 is 0 Å². The van der Waals surface area contributed by atoms with Crippen LogP contribution < -0.4 is 5.32 Å². The second kappa shape index (κ2) is 16.5. The van der Waals surface area contributed by atoms with Crippen molar-refractivity contribution in [1.29, 1.82) is 0 Å². The molecule has 1 saturated heterocycles. The molecular formula is C35H44N2O7. The maximum atomic E-state index is 12.1. The highest BCUT2D eigenvalue weighted by Crippen LogP contribution is 2.38. The number of likely N-dealkylation sites (N-methyl/N-ethyl adjacent to an activating group) is 1. The molecule has 9 heteroatoms. The van der Waals surface area contributed by atoms with Gasteiger partial charge in [-0.3, -0.25) is 14.5 Å². The molecule has 44 heavy (non-hydrogen) atoms. The molecular weight excluding hydrogens is 560 g/mol. The van der Waals surface area contributed by atoms with Crippen molar-refractivity contribution in [3.8, 4) is 0 Å². The Kier molecular flexibility index (Phi) is 12.5. The van der Waals surface area contributed by atoms with Gasteiger partial charge in [0.2, 0.25) is 5.91 Å². The van der Waals surface area contributed by atoms with Gasteiger partial charge in [0.1, 0.15) is 0 Å². The highest BCUT2D eigenvalue weighted by molar-refractivity contribution is 5.75. The number of nitrogens with zero attached hydrogens (tertiary/aromatic N) is 1. The Labute approximate surface area is 259 Å². The van der Waals surface area contributed by atoms with Crippen LogP contribution in [0.2, 0.25) is 0 Å². The van der Waals surface area contributed by atoms with Crippen molar-refractivity contribution in [2.45, 2.75) is 82.8 Å². The minimum Gasteiger partial charge on any atom is -0.481 e. The fourth-order valence-electron chi connectivity index (χ4n) is 5.33. The van der Waals surface area contributed by atoms with Crippen LogP contribution in [0.3, 0.4) is 0 Å². The van der Waals surface area contributed by atoms with E-state index in [9.17, 15) is 19.8 Å². The summed E-state index contributed by atoms with van der Waals surface area (Å²) in [5, 5.41) is 32.1. The largest absolute Gasteiger partial charge is 0.481 e. The van der Waals surface area contributed by atoms with E-state index in [1.165, 1.54) is 0 Å². The molecule has 0 aliphatic carbocycles. The molecule has 4 N–H and O–H groups in total. The van der Waals surface area contributed by atoms with E-state index in [1.807, 2.05) is 92.8 Å². The van der Waals surface area contributed by atoms with Crippen molar-refractivity contribution in [2.75, 3.05) is 13.6 Å². The first kappa shape index (κ1) is 33.3. The normalized spacial score (nSPS) is 19.8. The van der Waals surface area contributed by atoms with Crippen LogP contribution in [-0.4, -0.2) is 57.8 Å². The summed E-state index contributed by atoms with van der Waals surface area (Å²) < 4.78 is 13.0. The predicted octanol–water partition coefficient (Wildman–Crippen LogP) is 5.04. The number of carboxylic acids is 1. The molecule has 1 aliphatic heterocycles. The number of benzene rings is 3. The van der Waals surface area contributed by atoms with Crippen LogP contribution in [0.4, 0.5) is 0 Å². The van der Waals surface area contributed by atoms with Crippen molar-refractivity contribution < 1.29 is 34.4 Å². The number of unbranched alkanes of at least 4 members (excludes halogenated alkanes) is 1. The third-order valence-corrected chi connectivity index (χ3v) is 8.19. The minimum atomic E-state index is -0.850. The molecule has 4 rings (SSSR count). The van der Waals surface area contributed by atoms with Gasteiger partial charge < -0.3 is 30.1 Å². The molecule has 3 aromatic rings. The first-order chi connectivity index (χ1) is 21.2. The van der Waals surface area contributed by atoms with Crippen LogP contribution in [0, 0.1) is 0 Å². The first-order valence-electron chi connectivity index (χ1n) is 15.2. The van der Waals surface area contributed by atoms with Crippen molar-refractivity contribution in [2.24, 2.45) is 0 Å². The van der Waals surface area contributed by atoms with Crippen LogP contribution in [-0.2, 0) is 32.2 Å². The molecule has 0 spiro atoms. The van der Waals surface area contributed by atoms with Crippen molar-refractivity contribution in [3.05, 3.63) is 107 Å². The van der Waals surface area contributed by atoms with E-state index in [-0.39, 0.29) is 37.2 Å². The highest BCUT2D eigenvalue weighted by atomic mass is 16.7. The highest BCUT2D eigenvalue weighted by Gasteiger charge is 2.34. The molecule has 5 unspecified atom stereocenters. The van der Waals surface area contributed by atoms with Gasteiger partial charge in [0, 0.05) is 44.0 Å². The van der Waals surface area contributed by atoms with Crippen molar-refractivity contribution in [3.63, 3.8) is 0 Å². The summed E-state index contributed by atoms with van der Waals surface area (Å²) in [5.41, 5.74) is 4.49. The molecule has 9 nitrogen and oxygen atoms in total. The Bertz CT molecular complexity index is 1320. The fourth-order valence-corrected chi connectivity index (χ4v) is 5.33. The van der Waals surface area contributed by atoms with Gasteiger partial charge in [-0.25, -0.2) is 0 Å². The molecule has 1 heterocycles. The van der Waals surface area contributed by atoms with E-state index in [0.717, 1.165) is 27.8 Å². The van der Waals surface area contributed by atoms with Crippen LogP contribution >= 0.6 is 0 Å². The summed E-state index contributed by atoms with van der Waals surface area (Å²) in [5.74, 6) is -0.954. The maximum absolute atomic E-state index is 12.1. The lowest BCUT2D eigenvalue weighted by Gasteiger charge is -2.39. The Hall–Kier alpha value is -3.60. The molecule has 0 saturated carbocycles. The maximum Gasteiger partial charge on any atom is 0.303 e. The molecule has 1 amide bonds. The number of carboxylic acid groups (broad SMARTS) is 1. The standard InChI is InChI=1S/C35H44N2O7/c1-24(34(42)28-8-4-3-5-9-28)37(2)22-30-20-31(27-16-14-26(23-38)15-17-27)44-35(43-30)29-18-12-25(13-19-29)21-36-32(39)10-6-7-11-33(40)41/h3-5,8-9,12-19,24,30-31,34-35,38,42H,6-7,10-11,20-23H2,1-2H3,(H,36,39)(H,40,41). The number of hydrogen-bond donors (Lipinski definition) is 4. The van der Waals surface area contributed by atoms with Crippen LogP contribution in [0.1, 0.15) is 85.3 Å². The number of carbonyl (C=O) groups excluding carboxylic acids is 1. The third kappa shape index (κ3) is 9.70. The minimum absolute atomic E-state index is 0.0237. The van der Waals surface area contributed by atoms with Gasteiger partial charge in [-0.2, -0.15) is 0 Å². The predicted molar refractivity (Wildman–Crippen MR) is 166 cm³/mol. The van der Waals surface area contributed by atoms with Gasteiger partial charge in [0.15, 0.2) is 6.29 Å². The van der Waals surface area contributed by atoms with Gasteiger partial charge >= 0.3 is 5.97 Å². The topological polar surface area (TPSA) is 129 Å². The number of aliphatic hydroxyl groups is 2. The lowest BCUT2D eigenvalue weighted by molar-refractivity contribution is -0.253. The second-order valence-electron chi connectivity index (χ2n) is 11.5. The number of aliphatic carboxylic acids is 1. The van der Waals surface area contributed by atoms with Crippen molar-refractivity contribution >= 4 is 11.9 Å². The summed E-state index contributed by atoms with van der Waals surface area (Å²) in [6.45, 7) is 2.95. The zero-order valence-corrected chi connectivity index (χ0v) is 25.5. The summed E-state index contributed by atoms with van der Waals surface area (Å²) in [7, 11) is 1.99. The van der Waals surface area contributed by atoms with Crippen LogP contribution in [0.25, 0.3) is 0 Å². The lowest BCUT2D eigenvalue weighted by Crippen LogP contribution is -2.43. The van der Waals surface area contributed by atoms with Gasteiger partial charge in [0.05, 0.1) is 24.9 Å². The van der Waals surface area contributed by atoms with Gasteiger partial charge in [-0.15, -0.1) is 0 Å². The number of nitrogens with one attached hydrogen (secondary N) is 1. The molecule has 1 fully saturated rings. The van der Waals surface area contributed by atoms with E-state index in [1.54, 1.807) is 0 Å². The molecule has 0 radical (unpaired) electrons. The number of aliphatic hydroxyl groups excluding tert-OH is 2. The first-order valence-corrected chi connectivity index (χ1v) is 15.2. The van der Waals surface area contributed by atoms with Crippen molar-refractivity contribution in [1.82, 2.24) is 10.2 Å². The lowest BCUT2D eigenvalue weighted by atomic mass is 9.98. The van der Waals surface area contributed by atoms with Gasteiger partial charge in [-0.05, 0) is 49.1 Å². The molecule has 3 aromatic carbocycles. The monoisotopic (exact) mass is 604 g/mol. The number of rotatable bonds is 15. The second-order valence-corrected chi connectivity index (χ2v) is 11.5. The molecule has 0 bridgehead atoms. The summed E-state index contributed by atoms with van der Waals surface area (Å²) in [4.78, 5) is 24.9. The van der Waals surface area contributed by atoms with Gasteiger partial charge in [0.25, 0.3) is 0 Å². The van der Waals surface area contributed by atoms with E-state index < -0.39 is 18.4 Å². The number of hydrogen-bond acceptors (Lipinski definition) is 7. The SMILES string of the molecule is CC(C(O)c1ccccc1)N(C)CC1CC(c2ccc(CO)cc2)OC(c2ccc(CNC(=O)CCCCC(=O)O)cc2)O1. The number of carbonyl (C=O) groups is 2. The average Bonchev–Trinajstić information content (AvgIpc) is 3.05. The van der Waals surface area contributed by atoms with E-state index in [0.29, 0.717) is 38.8 Å². The zero-order valence-electron chi connectivity index (χ0n) is 25.5. The van der Waals surface area contributed by atoms with E-state index in [4.69, 9.17) is 14.6 Å². The zero-order chi connectivity index (χ0) is 31.5. The average molecular weight is 605 g/mol. The van der Waals surface area contributed by atoms with Crippen LogP contribution in [0.5, 0.6) is 0 Å².